The Bertz CT molecular complexity index is 758. The highest BCUT2D eigenvalue weighted by Gasteiger charge is 2.21. The fourth-order valence-corrected chi connectivity index (χ4v) is 3.38. The molecule has 3 rings (SSSR count). The Morgan fingerprint density at radius 1 is 1.38 bits per heavy atom. The van der Waals surface area contributed by atoms with Crippen molar-refractivity contribution in [1.29, 1.82) is 0 Å². The molecule has 0 spiro atoms. The van der Waals surface area contributed by atoms with Crippen molar-refractivity contribution in [2.75, 3.05) is 0 Å². The second kappa shape index (κ2) is 5.54. The number of aryl methyl sites for hydroxylation is 2. The summed E-state index contributed by atoms with van der Waals surface area (Å²) in [4.78, 5) is 8.00. The summed E-state index contributed by atoms with van der Waals surface area (Å²) in [5, 5.41) is 5.25. The minimum Gasteiger partial charge on any atom is -0.333 e. The number of thioether (sulfide) groups is 1. The molecule has 0 aliphatic carbocycles. The Labute approximate surface area is 127 Å². The summed E-state index contributed by atoms with van der Waals surface area (Å²) < 4.78 is 1.80. The van der Waals surface area contributed by atoms with Crippen LogP contribution in [-0.2, 0) is 7.05 Å². The molecule has 0 aliphatic rings. The lowest BCUT2D eigenvalue weighted by atomic mass is 10.1. The van der Waals surface area contributed by atoms with Crippen molar-refractivity contribution in [3.05, 3.63) is 41.7 Å². The van der Waals surface area contributed by atoms with Crippen LogP contribution in [0.5, 0.6) is 0 Å². The molecule has 3 N–H and O–H groups in total. The van der Waals surface area contributed by atoms with Crippen molar-refractivity contribution in [2.45, 2.75) is 30.3 Å². The van der Waals surface area contributed by atoms with Crippen LogP contribution in [0.3, 0.4) is 0 Å². The van der Waals surface area contributed by atoms with Crippen molar-refractivity contribution in [1.82, 2.24) is 19.7 Å². The van der Waals surface area contributed by atoms with Crippen molar-refractivity contribution < 1.29 is 0 Å². The molecule has 6 heteroatoms. The standard InChI is InChI=1S/C15H19N5S/c1-9-4-5-12-13(6-9)19-15(18-12)21-14(10(2)16)11-7-17-20(3)8-11/h4-8,10,14H,16H2,1-3H3,(H,18,19). The van der Waals surface area contributed by atoms with E-state index in [2.05, 4.69) is 34.1 Å². The van der Waals surface area contributed by atoms with Gasteiger partial charge in [-0.3, -0.25) is 4.68 Å². The Hall–Kier alpha value is -1.79. The molecule has 5 nitrogen and oxygen atoms in total. The maximum atomic E-state index is 6.14. The van der Waals surface area contributed by atoms with E-state index in [-0.39, 0.29) is 11.3 Å². The fourth-order valence-electron chi connectivity index (χ4n) is 2.34. The second-order valence-electron chi connectivity index (χ2n) is 5.41. The van der Waals surface area contributed by atoms with Crippen LogP contribution in [0.4, 0.5) is 0 Å². The number of hydrogen-bond acceptors (Lipinski definition) is 4. The molecule has 0 amide bonds. The van der Waals surface area contributed by atoms with E-state index in [9.17, 15) is 0 Å². The van der Waals surface area contributed by atoms with Gasteiger partial charge in [-0.2, -0.15) is 5.10 Å². The molecule has 0 saturated carbocycles. The number of benzene rings is 1. The van der Waals surface area contributed by atoms with Crippen LogP contribution in [0.15, 0.2) is 35.7 Å². The third-order valence-corrected chi connectivity index (χ3v) is 4.76. The number of aromatic amines is 1. The molecule has 0 bridgehead atoms. The number of H-pyrrole nitrogens is 1. The van der Waals surface area contributed by atoms with Crippen molar-refractivity contribution >= 4 is 22.8 Å². The summed E-state index contributed by atoms with van der Waals surface area (Å²) >= 11 is 1.65. The topological polar surface area (TPSA) is 72.5 Å². The van der Waals surface area contributed by atoms with E-state index in [1.54, 1.807) is 16.4 Å². The Kier molecular flexibility index (Phi) is 3.73. The third-order valence-electron chi connectivity index (χ3n) is 3.39. The smallest absolute Gasteiger partial charge is 0.167 e. The molecule has 2 atom stereocenters. The lowest BCUT2D eigenvalue weighted by molar-refractivity contribution is 0.716. The van der Waals surface area contributed by atoms with Crippen LogP contribution in [0.25, 0.3) is 11.0 Å². The molecule has 1 aromatic carbocycles. The Morgan fingerprint density at radius 3 is 2.86 bits per heavy atom. The van der Waals surface area contributed by atoms with Gasteiger partial charge >= 0.3 is 0 Å². The molecule has 0 radical (unpaired) electrons. The monoisotopic (exact) mass is 301 g/mol. The van der Waals surface area contributed by atoms with E-state index in [1.165, 1.54) is 5.56 Å². The van der Waals surface area contributed by atoms with Crippen molar-refractivity contribution in [2.24, 2.45) is 12.8 Å². The lowest BCUT2D eigenvalue weighted by Gasteiger charge is -2.17. The SMILES string of the molecule is Cc1ccc2nc(SC(c3cnn(C)c3)C(C)N)[nH]c2c1. The van der Waals surface area contributed by atoms with E-state index >= 15 is 0 Å². The van der Waals surface area contributed by atoms with Crippen molar-refractivity contribution in [3.63, 3.8) is 0 Å². The number of imidazole rings is 1. The van der Waals surface area contributed by atoms with Gasteiger partial charge in [-0.15, -0.1) is 0 Å². The summed E-state index contributed by atoms with van der Waals surface area (Å²) in [6.45, 7) is 4.09. The number of hydrogen-bond donors (Lipinski definition) is 2. The summed E-state index contributed by atoms with van der Waals surface area (Å²) in [6.07, 6.45) is 3.88. The highest BCUT2D eigenvalue weighted by atomic mass is 32.2. The molecule has 21 heavy (non-hydrogen) atoms. The van der Waals surface area contributed by atoms with Gasteiger partial charge in [0.15, 0.2) is 5.16 Å². The number of rotatable bonds is 4. The van der Waals surface area contributed by atoms with Crippen LogP contribution in [-0.4, -0.2) is 25.8 Å². The van der Waals surface area contributed by atoms with E-state index in [4.69, 9.17) is 5.73 Å². The molecular formula is C15H19N5S. The molecule has 0 fully saturated rings. The van der Waals surface area contributed by atoms with Gasteiger partial charge in [-0.25, -0.2) is 4.98 Å². The highest BCUT2D eigenvalue weighted by Crippen LogP contribution is 2.36. The first-order valence-corrected chi connectivity index (χ1v) is 7.78. The number of nitrogens with zero attached hydrogens (tertiary/aromatic N) is 3. The largest absolute Gasteiger partial charge is 0.333 e. The third kappa shape index (κ3) is 2.96. The Balaban J connectivity index is 1.90. The van der Waals surface area contributed by atoms with Crippen LogP contribution in [0.1, 0.15) is 23.3 Å². The zero-order valence-corrected chi connectivity index (χ0v) is 13.2. The summed E-state index contributed by atoms with van der Waals surface area (Å²) in [6, 6.07) is 6.23. The molecule has 2 aromatic heterocycles. The van der Waals surface area contributed by atoms with Gasteiger partial charge in [0.05, 0.1) is 22.5 Å². The zero-order chi connectivity index (χ0) is 15.0. The van der Waals surface area contributed by atoms with Crippen LogP contribution in [0.2, 0.25) is 0 Å². The van der Waals surface area contributed by atoms with Gasteiger partial charge in [0.2, 0.25) is 0 Å². The highest BCUT2D eigenvalue weighted by molar-refractivity contribution is 7.99. The molecule has 3 aromatic rings. The minimum atomic E-state index is 0.00847. The second-order valence-corrected chi connectivity index (χ2v) is 6.54. The zero-order valence-electron chi connectivity index (χ0n) is 12.4. The quantitative estimate of drug-likeness (QED) is 0.727. The normalized spacial score (nSPS) is 14.5. The maximum absolute atomic E-state index is 6.14. The predicted octanol–water partition coefficient (Wildman–Crippen LogP) is 2.79. The van der Waals surface area contributed by atoms with E-state index < -0.39 is 0 Å². The van der Waals surface area contributed by atoms with Gasteiger partial charge < -0.3 is 10.7 Å². The predicted molar refractivity (Wildman–Crippen MR) is 86.3 cm³/mol. The molecular weight excluding hydrogens is 282 g/mol. The molecule has 2 heterocycles. The molecule has 2 unspecified atom stereocenters. The van der Waals surface area contributed by atoms with E-state index in [0.717, 1.165) is 21.8 Å². The summed E-state index contributed by atoms with van der Waals surface area (Å²) in [7, 11) is 1.91. The van der Waals surface area contributed by atoms with Crippen LogP contribution >= 0.6 is 11.8 Å². The number of fused-ring (bicyclic) bond motifs is 1. The average Bonchev–Trinajstić information content (AvgIpc) is 3.01. The van der Waals surface area contributed by atoms with Crippen molar-refractivity contribution in [3.8, 4) is 0 Å². The maximum Gasteiger partial charge on any atom is 0.167 e. The molecule has 110 valence electrons. The average molecular weight is 301 g/mol. The molecule has 0 aliphatic heterocycles. The van der Waals surface area contributed by atoms with Crippen LogP contribution < -0.4 is 5.73 Å². The first-order valence-electron chi connectivity index (χ1n) is 6.90. The van der Waals surface area contributed by atoms with Gasteiger partial charge in [-0.1, -0.05) is 17.8 Å². The van der Waals surface area contributed by atoms with E-state index in [1.807, 2.05) is 32.4 Å². The first kappa shape index (κ1) is 14.2. The lowest BCUT2D eigenvalue weighted by Crippen LogP contribution is -2.22. The number of nitrogens with one attached hydrogen (secondary N) is 1. The fraction of sp³-hybridized carbons (Fsp3) is 0.333. The van der Waals surface area contributed by atoms with Gasteiger partial charge in [0.1, 0.15) is 0 Å². The summed E-state index contributed by atoms with van der Waals surface area (Å²) in [5.74, 6) is 0. The first-order chi connectivity index (χ1) is 10.0. The van der Waals surface area contributed by atoms with Gasteiger partial charge in [-0.05, 0) is 31.5 Å². The molecule has 0 saturated heterocycles. The van der Waals surface area contributed by atoms with Gasteiger partial charge in [0, 0.05) is 24.8 Å². The van der Waals surface area contributed by atoms with Crippen LogP contribution in [0, 0.1) is 6.92 Å². The Morgan fingerprint density at radius 2 is 2.19 bits per heavy atom. The minimum absolute atomic E-state index is 0.00847. The number of aromatic nitrogens is 4. The summed E-state index contributed by atoms with van der Waals surface area (Å²) in [5.41, 5.74) is 10.5. The van der Waals surface area contributed by atoms with Gasteiger partial charge in [0.25, 0.3) is 0 Å². The number of nitrogens with two attached hydrogens (primary N) is 1. The van der Waals surface area contributed by atoms with E-state index in [0.29, 0.717) is 0 Å².